The van der Waals surface area contributed by atoms with Crippen LogP contribution in [0, 0.1) is 20.8 Å². The molecule has 0 atom stereocenters. The number of aryl methyl sites for hydroxylation is 2. The van der Waals surface area contributed by atoms with Gasteiger partial charge in [-0.05, 0) is 38.5 Å². The highest BCUT2D eigenvalue weighted by Gasteiger charge is 2.24. The molecule has 6 heteroatoms. The standard InChI is InChI=1S/C23H25N3O2S/c1-16-9-11-19(12-10-16)15-29-14-13-24-23(28)22(27)21-17(2)25-26(18(21)3)20-7-5-4-6-8-20/h4-12H,13-15H2,1-3H3,(H,24,28). The summed E-state index contributed by atoms with van der Waals surface area (Å²) >= 11 is 1.73. The first kappa shape index (κ1) is 20.9. The van der Waals surface area contributed by atoms with Crippen molar-refractivity contribution < 1.29 is 9.59 Å². The molecular formula is C23H25N3O2S. The number of nitrogens with one attached hydrogen (secondary N) is 1. The Labute approximate surface area is 175 Å². The van der Waals surface area contributed by atoms with Gasteiger partial charge in [0.2, 0.25) is 0 Å². The largest absolute Gasteiger partial charge is 0.348 e. The van der Waals surface area contributed by atoms with Gasteiger partial charge in [-0.1, -0.05) is 48.0 Å². The quantitative estimate of drug-likeness (QED) is 0.348. The van der Waals surface area contributed by atoms with Crippen molar-refractivity contribution >= 4 is 23.5 Å². The average Bonchev–Trinajstić information content (AvgIpc) is 3.03. The number of rotatable bonds is 8. The summed E-state index contributed by atoms with van der Waals surface area (Å²) in [6, 6.07) is 18.0. The molecule has 0 saturated heterocycles. The molecule has 1 aromatic heterocycles. The fourth-order valence-electron chi connectivity index (χ4n) is 3.10. The van der Waals surface area contributed by atoms with Crippen LogP contribution in [0.25, 0.3) is 5.69 Å². The van der Waals surface area contributed by atoms with Gasteiger partial charge in [0.1, 0.15) is 0 Å². The summed E-state index contributed by atoms with van der Waals surface area (Å²) in [6.07, 6.45) is 0. The van der Waals surface area contributed by atoms with Gasteiger partial charge in [0.05, 0.1) is 22.6 Å². The van der Waals surface area contributed by atoms with E-state index in [4.69, 9.17) is 0 Å². The molecule has 0 saturated carbocycles. The summed E-state index contributed by atoms with van der Waals surface area (Å²) < 4.78 is 1.70. The van der Waals surface area contributed by atoms with Crippen LogP contribution in [0.15, 0.2) is 54.6 Å². The zero-order valence-corrected chi connectivity index (χ0v) is 17.8. The first-order valence-electron chi connectivity index (χ1n) is 9.55. The van der Waals surface area contributed by atoms with Crippen LogP contribution in [-0.2, 0) is 10.5 Å². The predicted molar refractivity (Wildman–Crippen MR) is 118 cm³/mol. The van der Waals surface area contributed by atoms with E-state index in [0.717, 1.165) is 17.2 Å². The summed E-state index contributed by atoms with van der Waals surface area (Å²) in [5.41, 5.74) is 4.95. The maximum absolute atomic E-state index is 12.7. The lowest BCUT2D eigenvalue weighted by atomic mass is 10.1. The molecule has 3 aromatic rings. The van der Waals surface area contributed by atoms with Crippen molar-refractivity contribution in [1.82, 2.24) is 15.1 Å². The topological polar surface area (TPSA) is 64.0 Å². The molecule has 2 aromatic carbocycles. The van der Waals surface area contributed by atoms with Crippen molar-refractivity contribution in [3.8, 4) is 5.69 Å². The minimum Gasteiger partial charge on any atom is -0.348 e. The smallest absolute Gasteiger partial charge is 0.292 e. The molecule has 0 aliphatic carbocycles. The molecule has 0 radical (unpaired) electrons. The minimum atomic E-state index is -0.584. The van der Waals surface area contributed by atoms with E-state index in [9.17, 15) is 9.59 Å². The number of aromatic nitrogens is 2. The SMILES string of the molecule is Cc1ccc(CSCCNC(=O)C(=O)c2c(C)nn(-c3ccccc3)c2C)cc1. The highest BCUT2D eigenvalue weighted by Crippen LogP contribution is 2.18. The van der Waals surface area contributed by atoms with E-state index in [2.05, 4.69) is 41.6 Å². The van der Waals surface area contributed by atoms with Crippen LogP contribution < -0.4 is 5.32 Å². The summed E-state index contributed by atoms with van der Waals surface area (Å²) in [6.45, 7) is 6.08. The second-order valence-electron chi connectivity index (χ2n) is 6.92. The van der Waals surface area contributed by atoms with Gasteiger partial charge in [-0.3, -0.25) is 9.59 Å². The van der Waals surface area contributed by atoms with Crippen molar-refractivity contribution in [3.05, 3.63) is 82.7 Å². The van der Waals surface area contributed by atoms with Crippen LogP contribution in [-0.4, -0.2) is 33.8 Å². The van der Waals surface area contributed by atoms with Crippen molar-refractivity contribution in [2.75, 3.05) is 12.3 Å². The number of para-hydroxylation sites is 1. The molecule has 29 heavy (non-hydrogen) atoms. The van der Waals surface area contributed by atoms with E-state index in [0.29, 0.717) is 23.5 Å². The van der Waals surface area contributed by atoms with Crippen molar-refractivity contribution in [3.63, 3.8) is 0 Å². The van der Waals surface area contributed by atoms with Crippen LogP contribution in [0.4, 0.5) is 0 Å². The molecule has 5 nitrogen and oxygen atoms in total. The van der Waals surface area contributed by atoms with Gasteiger partial charge in [0.15, 0.2) is 0 Å². The third-order valence-corrected chi connectivity index (χ3v) is 5.68. The molecule has 0 fully saturated rings. The Morgan fingerprint density at radius 1 is 1.00 bits per heavy atom. The number of hydrogen-bond donors (Lipinski definition) is 1. The summed E-state index contributed by atoms with van der Waals surface area (Å²) in [5.74, 6) is 0.505. The van der Waals surface area contributed by atoms with E-state index >= 15 is 0 Å². The van der Waals surface area contributed by atoms with Crippen molar-refractivity contribution in [1.29, 1.82) is 0 Å². The fraction of sp³-hybridized carbons (Fsp3) is 0.261. The van der Waals surface area contributed by atoms with Gasteiger partial charge in [-0.2, -0.15) is 16.9 Å². The number of benzene rings is 2. The molecule has 0 aliphatic heterocycles. The van der Waals surface area contributed by atoms with E-state index < -0.39 is 11.7 Å². The zero-order valence-electron chi connectivity index (χ0n) is 16.9. The van der Waals surface area contributed by atoms with E-state index in [-0.39, 0.29) is 0 Å². The molecule has 0 unspecified atom stereocenters. The van der Waals surface area contributed by atoms with Crippen LogP contribution in [0.3, 0.4) is 0 Å². The molecule has 3 rings (SSSR count). The highest BCUT2D eigenvalue weighted by molar-refractivity contribution is 7.98. The Bertz CT molecular complexity index is 995. The Balaban J connectivity index is 1.54. The Kier molecular flexibility index (Phi) is 6.88. The molecular weight excluding hydrogens is 382 g/mol. The van der Waals surface area contributed by atoms with Gasteiger partial charge in [-0.15, -0.1) is 0 Å². The molecule has 0 spiro atoms. The number of amides is 1. The molecule has 1 heterocycles. The van der Waals surface area contributed by atoms with E-state index in [1.54, 1.807) is 23.4 Å². The van der Waals surface area contributed by atoms with Crippen molar-refractivity contribution in [2.45, 2.75) is 26.5 Å². The molecule has 0 aliphatic rings. The van der Waals surface area contributed by atoms with E-state index in [1.165, 1.54) is 11.1 Å². The predicted octanol–water partition coefficient (Wildman–Crippen LogP) is 4.03. The maximum atomic E-state index is 12.7. The average molecular weight is 408 g/mol. The normalized spacial score (nSPS) is 10.7. The lowest BCUT2D eigenvalue weighted by molar-refractivity contribution is -0.116. The number of thioether (sulfide) groups is 1. The molecule has 1 amide bonds. The lowest BCUT2D eigenvalue weighted by Gasteiger charge is -2.06. The van der Waals surface area contributed by atoms with Crippen LogP contribution in [0.5, 0.6) is 0 Å². The molecule has 150 valence electrons. The number of nitrogens with zero attached hydrogens (tertiary/aromatic N) is 2. The van der Waals surface area contributed by atoms with Gasteiger partial charge >= 0.3 is 0 Å². The Morgan fingerprint density at radius 2 is 1.69 bits per heavy atom. The zero-order chi connectivity index (χ0) is 20.8. The third kappa shape index (κ3) is 5.15. The van der Waals surface area contributed by atoms with E-state index in [1.807, 2.05) is 37.3 Å². The highest BCUT2D eigenvalue weighted by atomic mass is 32.2. The minimum absolute atomic E-state index is 0.374. The maximum Gasteiger partial charge on any atom is 0.292 e. The summed E-state index contributed by atoms with van der Waals surface area (Å²) in [7, 11) is 0. The number of Topliss-reactive ketones (excluding diaryl/α,β-unsaturated/α-hetero) is 1. The van der Waals surface area contributed by atoms with Crippen LogP contribution in [0.2, 0.25) is 0 Å². The first-order chi connectivity index (χ1) is 14.0. The second kappa shape index (κ2) is 9.56. The monoisotopic (exact) mass is 407 g/mol. The fourth-order valence-corrected chi connectivity index (χ4v) is 3.92. The second-order valence-corrected chi connectivity index (χ2v) is 8.02. The third-order valence-electron chi connectivity index (χ3n) is 4.65. The van der Waals surface area contributed by atoms with Crippen LogP contribution >= 0.6 is 11.8 Å². The number of carbonyl (C=O) groups excluding carboxylic acids is 2. The first-order valence-corrected chi connectivity index (χ1v) is 10.7. The lowest BCUT2D eigenvalue weighted by Crippen LogP contribution is -2.33. The number of carbonyl (C=O) groups is 2. The van der Waals surface area contributed by atoms with Crippen LogP contribution in [0.1, 0.15) is 32.9 Å². The van der Waals surface area contributed by atoms with Gasteiger partial charge in [-0.25, -0.2) is 4.68 Å². The molecule has 1 N–H and O–H groups in total. The Morgan fingerprint density at radius 3 is 2.38 bits per heavy atom. The van der Waals surface area contributed by atoms with Gasteiger partial charge < -0.3 is 5.32 Å². The summed E-state index contributed by atoms with van der Waals surface area (Å²) in [4.78, 5) is 25.0. The number of ketones is 1. The van der Waals surface area contributed by atoms with Gasteiger partial charge in [0, 0.05) is 18.1 Å². The van der Waals surface area contributed by atoms with Crippen molar-refractivity contribution in [2.24, 2.45) is 0 Å². The molecule has 0 bridgehead atoms. The summed E-state index contributed by atoms with van der Waals surface area (Å²) in [5, 5.41) is 7.18. The number of hydrogen-bond acceptors (Lipinski definition) is 4. The Hall–Kier alpha value is -2.86. The van der Waals surface area contributed by atoms with Gasteiger partial charge in [0.25, 0.3) is 11.7 Å².